The number of carbonyl (C=O) groups is 1. The van der Waals surface area contributed by atoms with E-state index in [-0.39, 0.29) is 38.0 Å². The lowest BCUT2D eigenvalue weighted by atomic mass is 9.88. The van der Waals surface area contributed by atoms with E-state index in [2.05, 4.69) is 11.1 Å². The maximum absolute atomic E-state index is 12.8. The van der Waals surface area contributed by atoms with Crippen LogP contribution in [0.4, 0.5) is 13.2 Å². The number of ketones is 1. The van der Waals surface area contributed by atoms with Crippen LogP contribution < -0.4 is 5.56 Å². The Labute approximate surface area is 154 Å². The van der Waals surface area contributed by atoms with Crippen LogP contribution in [0.15, 0.2) is 16.9 Å². The zero-order chi connectivity index (χ0) is 19.8. The SMILES string of the molecule is Cc1nc(C2=CCC(C(F)(F)F)CC2)cc(=O)n1CC(=O)CC1(C#N)CC1. The molecule has 0 spiro atoms. The van der Waals surface area contributed by atoms with Crippen LogP contribution in [0.1, 0.15) is 50.0 Å². The Morgan fingerprint density at radius 2 is 2.15 bits per heavy atom. The van der Waals surface area contributed by atoms with Gasteiger partial charge in [-0.3, -0.25) is 14.2 Å². The number of hydrogen-bond donors (Lipinski definition) is 0. The lowest BCUT2D eigenvalue weighted by molar-refractivity contribution is -0.175. The summed E-state index contributed by atoms with van der Waals surface area (Å²) < 4.78 is 39.6. The molecule has 1 aromatic rings. The molecular weight excluding hydrogens is 359 g/mol. The predicted molar refractivity (Wildman–Crippen MR) is 91.5 cm³/mol. The van der Waals surface area contributed by atoms with Gasteiger partial charge >= 0.3 is 6.18 Å². The summed E-state index contributed by atoms with van der Waals surface area (Å²) in [5, 5.41) is 9.07. The van der Waals surface area contributed by atoms with Gasteiger partial charge in [-0.25, -0.2) is 4.98 Å². The number of hydrogen-bond acceptors (Lipinski definition) is 4. The summed E-state index contributed by atoms with van der Waals surface area (Å²) in [4.78, 5) is 28.9. The summed E-state index contributed by atoms with van der Waals surface area (Å²) in [5.74, 6) is -1.21. The summed E-state index contributed by atoms with van der Waals surface area (Å²) in [7, 11) is 0. The van der Waals surface area contributed by atoms with Crippen molar-refractivity contribution in [2.24, 2.45) is 11.3 Å². The average molecular weight is 379 g/mol. The topological polar surface area (TPSA) is 75.8 Å². The lowest BCUT2D eigenvalue weighted by Gasteiger charge is -2.24. The van der Waals surface area contributed by atoms with Crippen molar-refractivity contribution in [3.8, 4) is 6.07 Å². The zero-order valence-corrected chi connectivity index (χ0v) is 15.0. The summed E-state index contributed by atoms with van der Waals surface area (Å²) in [6.07, 6.45) is -1.10. The third kappa shape index (κ3) is 4.29. The molecule has 1 atom stereocenters. The standard InChI is InChI=1S/C19H20F3N3O2/c1-12-24-16(13-2-4-14(5-3-13)19(20,21)22)8-17(27)25(12)10-15(26)9-18(11-23)6-7-18/h2,8,14H,3-7,9-10H2,1H3. The monoisotopic (exact) mass is 379 g/mol. The molecule has 1 saturated carbocycles. The Balaban J connectivity index is 1.74. The van der Waals surface area contributed by atoms with Gasteiger partial charge < -0.3 is 0 Å². The molecule has 2 aliphatic carbocycles. The zero-order valence-electron chi connectivity index (χ0n) is 15.0. The largest absolute Gasteiger partial charge is 0.392 e. The maximum Gasteiger partial charge on any atom is 0.392 e. The molecule has 0 radical (unpaired) electrons. The highest BCUT2D eigenvalue weighted by Crippen LogP contribution is 2.48. The van der Waals surface area contributed by atoms with Gasteiger partial charge in [0.1, 0.15) is 5.82 Å². The number of halogens is 3. The van der Waals surface area contributed by atoms with Crippen LogP contribution in [0.5, 0.6) is 0 Å². The Bertz CT molecular complexity index is 889. The molecule has 27 heavy (non-hydrogen) atoms. The van der Waals surface area contributed by atoms with Crippen LogP contribution in [0.25, 0.3) is 5.57 Å². The molecular formula is C19H20F3N3O2. The predicted octanol–water partition coefficient (Wildman–Crippen LogP) is 3.56. The second-order valence-electron chi connectivity index (χ2n) is 7.46. The molecule has 0 aliphatic heterocycles. The molecule has 0 N–H and O–H groups in total. The molecule has 5 nitrogen and oxygen atoms in total. The average Bonchev–Trinajstić information content (AvgIpc) is 3.37. The molecule has 0 saturated heterocycles. The van der Waals surface area contributed by atoms with Gasteiger partial charge in [0, 0.05) is 12.5 Å². The smallest absolute Gasteiger partial charge is 0.298 e. The second kappa shape index (κ2) is 6.95. The number of aryl methyl sites for hydroxylation is 1. The third-order valence-electron chi connectivity index (χ3n) is 5.36. The molecule has 0 aromatic carbocycles. The fourth-order valence-electron chi connectivity index (χ4n) is 3.43. The number of alkyl halides is 3. The summed E-state index contributed by atoms with van der Waals surface area (Å²) in [6.45, 7) is 1.45. The fourth-order valence-corrected chi connectivity index (χ4v) is 3.43. The molecule has 0 amide bonds. The molecule has 144 valence electrons. The first-order valence-corrected chi connectivity index (χ1v) is 8.91. The van der Waals surface area contributed by atoms with E-state index in [1.54, 1.807) is 6.92 Å². The molecule has 0 bridgehead atoms. The quantitative estimate of drug-likeness (QED) is 0.784. The number of allylic oxidation sites excluding steroid dienone is 2. The van der Waals surface area contributed by atoms with Crippen molar-refractivity contribution >= 4 is 11.4 Å². The molecule has 1 unspecified atom stereocenters. The van der Waals surface area contributed by atoms with Gasteiger partial charge in [0.2, 0.25) is 0 Å². The van der Waals surface area contributed by atoms with Gasteiger partial charge in [-0.1, -0.05) is 6.08 Å². The number of rotatable bonds is 5. The summed E-state index contributed by atoms with van der Waals surface area (Å²) >= 11 is 0. The van der Waals surface area contributed by atoms with Crippen LogP contribution in [0.2, 0.25) is 0 Å². The summed E-state index contributed by atoms with van der Waals surface area (Å²) in [6, 6.07) is 3.43. The van der Waals surface area contributed by atoms with E-state index in [1.807, 2.05) is 0 Å². The number of nitrogens with zero attached hydrogens (tertiary/aromatic N) is 3. The van der Waals surface area contributed by atoms with E-state index in [0.29, 0.717) is 29.9 Å². The van der Waals surface area contributed by atoms with Gasteiger partial charge in [0.05, 0.1) is 29.6 Å². The van der Waals surface area contributed by atoms with Crippen LogP contribution >= 0.6 is 0 Å². The fraction of sp³-hybridized carbons (Fsp3) is 0.579. The van der Waals surface area contributed by atoms with Crippen molar-refractivity contribution in [1.29, 1.82) is 5.26 Å². The van der Waals surface area contributed by atoms with Crippen molar-refractivity contribution < 1.29 is 18.0 Å². The van der Waals surface area contributed by atoms with Crippen LogP contribution in [-0.2, 0) is 11.3 Å². The normalized spacial score (nSPS) is 21.3. The van der Waals surface area contributed by atoms with E-state index in [4.69, 9.17) is 5.26 Å². The van der Waals surface area contributed by atoms with Gasteiger partial charge in [-0.2, -0.15) is 18.4 Å². The summed E-state index contributed by atoms with van der Waals surface area (Å²) in [5.41, 5.74) is 0.0313. The number of Topliss-reactive ketones (excluding diaryl/α,β-unsaturated/α-hetero) is 1. The maximum atomic E-state index is 12.8. The Kier molecular flexibility index (Phi) is 4.98. The van der Waals surface area contributed by atoms with Gasteiger partial charge in [0.15, 0.2) is 5.78 Å². The molecule has 8 heteroatoms. The molecule has 1 fully saturated rings. The first-order valence-electron chi connectivity index (χ1n) is 8.91. The molecule has 3 rings (SSSR count). The highest BCUT2D eigenvalue weighted by atomic mass is 19.4. The van der Waals surface area contributed by atoms with E-state index in [0.717, 1.165) is 0 Å². The second-order valence-corrected chi connectivity index (χ2v) is 7.46. The first-order chi connectivity index (χ1) is 12.6. The lowest BCUT2D eigenvalue weighted by Crippen LogP contribution is -2.29. The Morgan fingerprint density at radius 3 is 2.63 bits per heavy atom. The van der Waals surface area contributed by atoms with Gasteiger partial charge in [0.25, 0.3) is 5.56 Å². The van der Waals surface area contributed by atoms with E-state index < -0.39 is 23.1 Å². The third-order valence-corrected chi connectivity index (χ3v) is 5.36. The van der Waals surface area contributed by atoms with Crippen LogP contribution in [0.3, 0.4) is 0 Å². The molecule has 1 heterocycles. The highest BCUT2D eigenvalue weighted by Gasteiger charge is 2.44. The van der Waals surface area contributed by atoms with Crippen molar-refractivity contribution in [3.05, 3.63) is 34.0 Å². The first kappa shape index (κ1) is 19.3. The Hall–Kier alpha value is -2.43. The molecule has 1 aromatic heterocycles. The van der Waals surface area contributed by atoms with E-state index in [9.17, 15) is 22.8 Å². The van der Waals surface area contributed by atoms with E-state index in [1.165, 1.54) is 16.7 Å². The van der Waals surface area contributed by atoms with Crippen molar-refractivity contribution in [2.45, 2.75) is 58.2 Å². The van der Waals surface area contributed by atoms with Crippen molar-refractivity contribution in [1.82, 2.24) is 9.55 Å². The Morgan fingerprint density at radius 1 is 1.44 bits per heavy atom. The van der Waals surface area contributed by atoms with Gasteiger partial charge in [-0.05, 0) is 44.6 Å². The van der Waals surface area contributed by atoms with Crippen LogP contribution in [0, 0.1) is 29.6 Å². The number of aromatic nitrogens is 2. The highest BCUT2D eigenvalue weighted by molar-refractivity contribution is 5.80. The minimum Gasteiger partial charge on any atom is -0.298 e. The molecule has 2 aliphatic rings. The van der Waals surface area contributed by atoms with Gasteiger partial charge in [-0.15, -0.1) is 0 Å². The number of carbonyl (C=O) groups excluding carboxylic acids is 1. The van der Waals surface area contributed by atoms with Crippen LogP contribution in [-0.4, -0.2) is 21.5 Å². The minimum absolute atomic E-state index is 0.0200. The van der Waals surface area contributed by atoms with E-state index >= 15 is 0 Å². The minimum atomic E-state index is -4.21. The van der Waals surface area contributed by atoms with Crippen molar-refractivity contribution in [3.63, 3.8) is 0 Å². The van der Waals surface area contributed by atoms with Crippen molar-refractivity contribution in [2.75, 3.05) is 0 Å². The number of nitriles is 1.